The summed E-state index contributed by atoms with van der Waals surface area (Å²) in [4.78, 5) is 29.3. The molecule has 0 radical (unpaired) electrons. The Balaban J connectivity index is 1.48. The summed E-state index contributed by atoms with van der Waals surface area (Å²) in [6.45, 7) is 6.06. The molecule has 0 aliphatic carbocycles. The van der Waals surface area contributed by atoms with Crippen molar-refractivity contribution in [3.63, 3.8) is 0 Å². The van der Waals surface area contributed by atoms with Crippen molar-refractivity contribution in [3.8, 4) is 11.4 Å². The monoisotopic (exact) mass is 384 g/mol. The maximum Gasteiger partial charge on any atom is 0.233 e. The van der Waals surface area contributed by atoms with Crippen molar-refractivity contribution in [2.75, 3.05) is 6.54 Å². The van der Waals surface area contributed by atoms with Gasteiger partial charge in [0.25, 0.3) is 0 Å². The first kappa shape index (κ1) is 19.0. The largest absolute Gasteiger partial charge is 0.355 e. The molecule has 3 aromatic rings. The number of nitrogens with zero attached hydrogens (tertiary/aromatic N) is 5. The Kier molecular flexibility index (Phi) is 6.12. The lowest BCUT2D eigenvalue weighted by atomic mass is 10.3. The van der Waals surface area contributed by atoms with Crippen molar-refractivity contribution < 1.29 is 9.32 Å². The molecule has 27 heavy (non-hydrogen) atoms. The fourth-order valence-electron chi connectivity index (χ4n) is 2.36. The highest BCUT2D eigenvalue weighted by atomic mass is 32.2. The molecule has 9 heteroatoms. The highest BCUT2D eigenvalue weighted by molar-refractivity contribution is 8.00. The van der Waals surface area contributed by atoms with Gasteiger partial charge in [-0.05, 0) is 39.0 Å². The van der Waals surface area contributed by atoms with Crippen LogP contribution in [-0.2, 0) is 11.2 Å². The normalized spacial score (nSPS) is 12.0. The molecule has 0 fully saturated rings. The van der Waals surface area contributed by atoms with E-state index in [-0.39, 0.29) is 11.2 Å². The summed E-state index contributed by atoms with van der Waals surface area (Å²) in [6.07, 6.45) is 3.81. The van der Waals surface area contributed by atoms with E-state index in [9.17, 15) is 4.79 Å². The van der Waals surface area contributed by atoms with Gasteiger partial charge < -0.3 is 9.84 Å². The van der Waals surface area contributed by atoms with E-state index in [0.29, 0.717) is 29.8 Å². The van der Waals surface area contributed by atoms with E-state index in [1.54, 1.807) is 12.4 Å². The molecule has 1 atom stereocenters. The second kappa shape index (κ2) is 8.72. The van der Waals surface area contributed by atoms with Gasteiger partial charge in [0, 0.05) is 42.3 Å². The van der Waals surface area contributed by atoms with Crippen molar-refractivity contribution in [1.29, 1.82) is 0 Å². The van der Waals surface area contributed by atoms with Crippen molar-refractivity contribution in [2.24, 2.45) is 0 Å². The third-order valence-corrected chi connectivity index (χ3v) is 4.60. The van der Waals surface area contributed by atoms with Crippen molar-refractivity contribution in [3.05, 3.63) is 47.9 Å². The average molecular weight is 384 g/mol. The van der Waals surface area contributed by atoms with Gasteiger partial charge in [0.15, 0.2) is 5.16 Å². The molecule has 1 amide bonds. The smallest absolute Gasteiger partial charge is 0.233 e. The summed E-state index contributed by atoms with van der Waals surface area (Å²) in [5.74, 6) is 0.863. The van der Waals surface area contributed by atoms with Gasteiger partial charge in [0.05, 0.1) is 5.25 Å². The number of pyridine rings is 1. The Labute approximate surface area is 161 Å². The number of thioether (sulfide) groups is 1. The zero-order valence-corrected chi connectivity index (χ0v) is 16.2. The van der Waals surface area contributed by atoms with Crippen LogP contribution in [-0.4, -0.2) is 42.8 Å². The van der Waals surface area contributed by atoms with Gasteiger partial charge in [0.2, 0.25) is 17.6 Å². The zero-order valence-electron chi connectivity index (χ0n) is 15.3. The van der Waals surface area contributed by atoms with E-state index in [1.165, 1.54) is 11.8 Å². The van der Waals surface area contributed by atoms with Crippen molar-refractivity contribution in [1.82, 2.24) is 30.4 Å². The van der Waals surface area contributed by atoms with Crippen LogP contribution in [0.2, 0.25) is 0 Å². The maximum absolute atomic E-state index is 12.3. The van der Waals surface area contributed by atoms with E-state index in [0.717, 1.165) is 17.0 Å². The first-order chi connectivity index (χ1) is 13.0. The lowest BCUT2D eigenvalue weighted by molar-refractivity contribution is -0.120. The molecule has 140 valence electrons. The summed E-state index contributed by atoms with van der Waals surface area (Å²) in [5.41, 5.74) is 2.56. The highest BCUT2D eigenvalue weighted by Gasteiger charge is 2.16. The third-order valence-electron chi connectivity index (χ3n) is 3.64. The molecule has 3 heterocycles. The highest BCUT2D eigenvalue weighted by Crippen LogP contribution is 2.20. The molecule has 0 saturated heterocycles. The molecule has 0 aromatic carbocycles. The number of rotatable bonds is 7. The van der Waals surface area contributed by atoms with Crippen LogP contribution in [0.15, 0.2) is 40.3 Å². The quantitative estimate of drug-likeness (QED) is 0.489. The summed E-state index contributed by atoms with van der Waals surface area (Å²) in [7, 11) is 0. The van der Waals surface area contributed by atoms with E-state index in [4.69, 9.17) is 4.52 Å². The molecule has 3 aromatic heterocycles. The molecule has 0 aliphatic rings. The number of carbonyl (C=O) groups is 1. The minimum absolute atomic E-state index is 0.0882. The average Bonchev–Trinajstić information content (AvgIpc) is 3.10. The molecule has 0 spiro atoms. The zero-order chi connectivity index (χ0) is 19.2. The van der Waals surface area contributed by atoms with Crippen LogP contribution in [0.1, 0.15) is 24.2 Å². The predicted octanol–water partition coefficient (Wildman–Crippen LogP) is 2.38. The number of amides is 1. The Morgan fingerprint density at radius 2 is 2.04 bits per heavy atom. The molecule has 8 nitrogen and oxygen atoms in total. The Hall–Kier alpha value is -2.81. The topological polar surface area (TPSA) is 107 Å². The Morgan fingerprint density at radius 3 is 2.74 bits per heavy atom. The maximum atomic E-state index is 12.3. The van der Waals surface area contributed by atoms with E-state index in [2.05, 4.69) is 30.4 Å². The first-order valence-electron chi connectivity index (χ1n) is 8.51. The SMILES string of the molecule is Cc1cc(C)nc(S[C@H](C)C(=O)NCCc2nc(-c3cccnc3)no2)n1. The van der Waals surface area contributed by atoms with Crippen molar-refractivity contribution >= 4 is 17.7 Å². The van der Waals surface area contributed by atoms with Gasteiger partial charge in [-0.25, -0.2) is 9.97 Å². The predicted molar refractivity (Wildman–Crippen MR) is 101 cm³/mol. The standard InChI is InChI=1S/C18H20N6O2S/c1-11-9-12(2)22-18(21-11)27-13(3)17(25)20-8-6-15-23-16(24-26-15)14-5-4-7-19-10-14/h4-5,7,9-10,13H,6,8H2,1-3H3,(H,20,25)/t13-/m1/s1. The van der Waals surface area contributed by atoms with Gasteiger partial charge in [-0.15, -0.1) is 0 Å². The third kappa shape index (κ3) is 5.33. The Morgan fingerprint density at radius 1 is 1.26 bits per heavy atom. The number of carbonyl (C=O) groups excluding carboxylic acids is 1. The number of hydrogen-bond donors (Lipinski definition) is 1. The first-order valence-corrected chi connectivity index (χ1v) is 9.39. The van der Waals surface area contributed by atoms with E-state index in [1.807, 2.05) is 39.0 Å². The van der Waals surface area contributed by atoms with Gasteiger partial charge in [-0.3, -0.25) is 9.78 Å². The fraction of sp³-hybridized carbons (Fsp3) is 0.333. The van der Waals surface area contributed by atoms with Crippen LogP contribution in [0.25, 0.3) is 11.4 Å². The second-order valence-electron chi connectivity index (χ2n) is 5.99. The molecule has 0 saturated carbocycles. The minimum atomic E-state index is -0.306. The molecule has 1 N–H and O–H groups in total. The van der Waals surface area contributed by atoms with E-state index < -0.39 is 0 Å². The second-order valence-corrected chi connectivity index (χ2v) is 7.30. The molecular formula is C18H20N6O2S. The summed E-state index contributed by atoms with van der Waals surface area (Å²) in [5, 5.41) is 7.11. The lowest BCUT2D eigenvalue weighted by Crippen LogP contribution is -2.32. The van der Waals surface area contributed by atoms with Crippen molar-refractivity contribution in [2.45, 2.75) is 37.6 Å². The van der Waals surface area contributed by atoms with E-state index >= 15 is 0 Å². The number of aryl methyl sites for hydroxylation is 2. The number of aromatic nitrogens is 5. The molecule has 0 aliphatic heterocycles. The van der Waals surface area contributed by atoms with Crippen LogP contribution in [0, 0.1) is 13.8 Å². The van der Waals surface area contributed by atoms with Crippen LogP contribution in [0.4, 0.5) is 0 Å². The van der Waals surface area contributed by atoms with Crippen LogP contribution >= 0.6 is 11.8 Å². The van der Waals surface area contributed by atoms with Gasteiger partial charge in [-0.2, -0.15) is 4.98 Å². The molecular weight excluding hydrogens is 364 g/mol. The van der Waals surface area contributed by atoms with Crippen LogP contribution < -0.4 is 5.32 Å². The Bertz CT molecular complexity index is 895. The molecule has 0 unspecified atom stereocenters. The van der Waals surface area contributed by atoms with Crippen LogP contribution in [0.3, 0.4) is 0 Å². The summed E-state index contributed by atoms with van der Waals surface area (Å²) >= 11 is 1.34. The lowest BCUT2D eigenvalue weighted by Gasteiger charge is -2.11. The molecule has 0 bridgehead atoms. The number of nitrogens with one attached hydrogen (secondary N) is 1. The van der Waals surface area contributed by atoms with Gasteiger partial charge in [-0.1, -0.05) is 16.9 Å². The summed E-state index contributed by atoms with van der Waals surface area (Å²) in [6, 6.07) is 5.57. The minimum Gasteiger partial charge on any atom is -0.355 e. The molecule has 3 rings (SSSR count). The fourth-order valence-corrected chi connectivity index (χ4v) is 3.26. The van der Waals surface area contributed by atoms with Gasteiger partial charge >= 0.3 is 0 Å². The number of hydrogen-bond acceptors (Lipinski definition) is 8. The van der Waals surface area contributed by atoms with Gasteiger partial charge in [0.1, 0.15) is 0 Å². The van der Waals surface area contributed by atoms with Crippen LogP contribution in [0.5, 0.6) is 0 Å². The summed E-state index contributed by atoms with van der Waals surface area (Å²) < 4.78 is 5.22.